The molecule has 0 amide bonds. The maximum atomic E-state index is 12.8. The number of aromatic carboxylic acids is 1. The summed E-state index contributed by atoms with van der Waals surface area (Å²) < 4.78 is 44.1. The number of carbonyl (C=O) groups is 1. The Bertz CT molecular complexity index is 1280. The lowest BCUT2D eigenvalue weighted by molar-refractivity contribution is -0.384. The van der Waals surface area contributed by atoms with E-state index in [1.54, 1.807) is 12.1 Å². The Morgan fingerprint density at radius 3 is 2.29 bits per heavy atom. The smallest absolute Gasteiger partial charge is 0.416 e. The predicted octanol–water partition coefficient (Wildman–Crippen LogP) is 6.64. The van der Waals surface area contributed by atoms with Crippen LogP contribution in [0, 0.1) is 10.1 Å². The lowest BCUT2D eigenvalue weighted by atomic mass is 10.1. The molecule has 3 aromatic rings. The van der Waals surface area contributed by atoms with Crippen molar-refractivity contribution in [2.24, 2.45) is 5.10 Å². The van der Waals surface area contributed by atoms with Crippen LogP contribution in [0.25, 0.3) is 0 Å². The highest BCUT2D eigenvalue weighted by molar-refractivity contribution is 6.37. The lowest BCUT2D eigenvalue weighted by Crippen LogP contribution is -2.06. The molecule has 0 atom stereocenters. The fourth-order valence-electron chi connectivity index (χ4n) is 2.82. The Morgan fingerprint density at radius 2 is 1.74 bits per heavy atom. The number of hydrazone groups is 1. The highest BCUT2D eigenvalue weighted by Crippen LogP contribution is 2.36. The molecule has 0 bridgehead atoms. The number of halogens is 5. The minimum Gasteiger partial charge on any atom is -0.486 e. The normalized spacial score (nSPS) is 11.5. The molecule has 2 N–H and O–H groups in total. The second kappa shape index (κ2) is 10.6. The van der Waals surface area contributed by atoms with Crippen molar-refractivity contribution < 1.29 is 32.7 Å². The standard InChI is InChI=1S/C22H14Cl2F3N3O5/c23-16-7-13(8-17(24)20(16)35-11-12-1-3-14(4-2-12)21(31)32)10-28-29-18-6-5-15(22(25,26)27)9-19(18)30(33)34/h1-10,29H,11H2,(H,31,32)/b28-10-. The summed E-state index contributed by atoms with van der Waals surface area (Å²) in [6.07, 6.45) is -3.51. The van der Waals surface area contributed by atoms with Crippen LogP contribution < -0.4 is 10.2 Å². The lowest BCUT2D eigenvalue weighted by Gasteiger charge is -2.11. The number of carboxylic acid groups (broad SMARTS) is 1. The number of nitrogens with zero attached hydrogens (tertiary/aromatic N) is 2. The van der Waals surface area contributed by atoms with Crippen LogP contribution in [0.5, 0.6) is 5.75 Å². The van der Waals surface area contributed by atoms with Gasteiger partial charge >= 0.3 is 12.1 Å². The van der Waals surface area contributed by atoms with Crippen LogP contribution in [0.3, 0.4) is 0 Å². The zero-order chi connectivity index (χ0) is 25.8. The Kier molecular flexibility index (Phi) is 7.82. The number of hydrogen-bond acceptors (Lipinski definition) is 6. The van der Waals surface area contributed by atoms with E-state index in [4.69, 9.17) is 33.0 Å². The molecule has 0 aliphatic heterocycles. The molecule has 13 heteroatoms. The van der Waals surface area contributed by atoms with E-state index in [-0.39, 0.29) is 33.7 Å². The van der Waals surface area contributed by atoms with E-state index >= 15 is 0 Å². The van der Waals surface area contributed by atoms with E-state index < -0.39 is 28.3 Å². The number of anilines is 1. The monoisotopic (exact) mass is 527 g/mol. The molecule has 0 heterocycles. The first-order valence-electron chi connectivity index (χ1n) is 9.54. The minimum absolute atomic E-state index is 0.0614. The fourth-order valence-corrected chi connectivity index (χ4v) is 3.43. The molecule has 3 aromatic carbocycles. The van der Waals surface area contributed by atoms with Crippen LogP contribution in [-0.4, -0.2) is 22.2 Å². The maximum absolute atomic E-state index is 12.8. The molecule has 3 rings (SSSR count). The third kappa shape index (κ3) is 6.61. The maximum Gasteiger partial charge on any atom is 0.416 e. The molecule has 35 heavy (non-hydrogen) atoms. The van der Waals surface area contributed by atoms with Crippen molar-refractivity contribution in [3.05, 3.63) is 97.0 Å². The van der Waals surface area contributed by atoms with E-state index in [0.717, 1.165) is 6.07 Å². The molecule has 182 valence electrons. The summed E-state index contributed by atoms with van der Waals surface area (Å²) in [5.41, 5.74) is 1.31. The number of hydrogen-bond donors (Lipinski definition) is 2. The van der Waals surface area contributed by atoms with E-state index in [2.05, 4.69) is 10.5 Å². The third-order valence-electron chi connectivity index (χ3n) is 4.53. The van der Waals surface area contributed by atoms with Gasteiger partial charge in [-0.25, -0.2) is 4.79 Å². The number of carboxylic acids is 1. The Hall–Kier alpha value is -3.83. The summed E-state index contributed by atoms with van der Waals surface area (Å²) in [6.45, 7) is 0.0614. The molecule has 0 unspecified atom stereocenters. The van der Waals surface area contributed by atoms with Gasteiger partial charge < -0.3 is 9.84 Å². The Labute approximate surface area is 205 Å². The van der Waals surface area contributed by atoms with Crippen molar-refractivity contribution in [3.63, 3.8) is 0 Å². The van der Waals surface area contributed by atoms with Gasteiger partial charge in [0.2, 0.25) is 0 Å². The van der Waals surface area contributed by atoms with Crippen LogP contribution >= 0.6 is 23.2 Å². The average Bonchev–Trinajstić information content (AvgIpc) is 2.78. The molecule has 0 aliphatic rings. The third-order valence-corrected chi connectivity index (χ3v) is 5.09. The molecule has 0 fully saturated rings. The number of nitro benzene ring substituents is 1. The topological polar surface area (TPSA) is 114 Å². The summed E-state index contributed by atoms with van der Waals surface area (Å²) in [4.78, 5) is 21.1. The fraction of sp³-hybridized carbons (Fsp3) is 0.0909. The zero-order valence-electron chi connectivity index (χ0n) is 17.3. The first-order chi connectivity index (χ1) is 16.5. The van der Waals surface area contributed by atoms with Crippen molar-refractivity contribution in [2.45, 2.75) is 12.8 Å². The molecular weight excluding hydrogens is 514 g/mol. The summed E-state index contributed by atoms with van der Waals surface area (Å²) in [6, 6.07) is 10.9. The quantitative estimate of drug-likeness (QED) is 0.192. The molecular formula is C22H14Cl2F3N3O5. The van der Waals surface area contributed by atoms with Crippen LogP contribution in [-0.2, 0) is 12.8 Å². The van der Waals surface area contributed by atoms with Crippen LogP contribution in [0.1, 0.15) is 27.0 Å². The number of alkyl halides is 3. The molecule has 0 aromatic heterocycles. The summed E-state index contributed by atoms with van der Waals surface area (Å²) >= 11 is 12.5. The van der Waals surface area contributed by atoms with E-state index in [9.17, 15) is 28.1 Å². The highest BCUT2D eigenvalue weighted by atomic mass is 35.5. The number of ether oxygens (including phenoxy) is 1. The predicted molar refractivity (Wildman–Crippen MR) is 124 cm³/mol. The van der Waals surface area contributed by atoms with Gasteiger partial charge in [-0.2, -0.15) is 18.3 Å². The number of nitro groups is 1. The molecule has 0 radical (unpaired) electrons. The van der Waals surface area contributed by atoms with Gasteiger partial charge in [0.25, 0.3) is 5.69 Å². The first-order valence-corrected chi connectivity index (χ1v) is 10.3. The average molecular weight is 528 g/mol. The van der Waals surface area contributed by atoms with E-state index in [1.807, 2.05) is 0 Å². The second-order valence-electron chi connectivity index (χ2n) is 6.96. The van der Waals surface area contributed by atoms with Crippen LogP contribution in [0.4, 0.5) is 24.5 Å². The van der Waals surface area contributed by atoms with Gasteiger partial charge in [0.1, 0.15) is 12.3 Å². The number of nitrogens with one attached hydrogen (secondary N) is 1. The Balaban J connectivity index is 1.71. The van der Waals surface area contributed by atoms with Gasteiger partial charge in [-0.1, -0.05) is 35.3 Å². The molecule has 0 saturated carbocycles. The van der Waals surface area contributed by atoms with E-state index in [1.165, 1.54) is 30.5 Å². The van der Waals surface area contributed by atoms with E-state index in [0.29, 0.717) is 23.3 Å². The first kappa shape index (κ1) is 25.8. The van der Waals surface area contributed by atoms with Gasteiger partial charge in [-0.3, -0.25) is 15.5 Å². The zero-order valence-corrected chi connectivity index (χ0v) is 18.9. The SMILES string of the molecule is O=C(O)c1ccc(COc2c(Cl)cc(/C=N\Nc3ccc(C(F)(F)F)cc3[N+](=O)[O-])cc2Cl)cc1. The molecule has 8 nitrogen and oxygen atoms in total. The van der Waals surface area contributed by atoms with Gasteiger partial charge in [0.15, 0.2) is 5.75 Å². The number of benzene rings is 3. The summed E-state index contributed by atoms with van der Waals surface area (Å²) in [7, 11) is 0. The van der Waals surface area contributed by atoms with Crippen molar-refractivity contribution in [2.75, 3.05) is 5.43 Å². The van der Waals surface area contributed by atoms with Crippen molar-refractivity contribution in [3.8, 4) is 5.75 Å². The van der Waals surface area contributed by atoms with Gasteiger partial charge in [-0.05, 0) is 47.5 Å². The summed E-state index contributed by atoms with van der Waals surface area (Å²) in [5, 5.41) is 24.1. The minimum atomic E-state index is -4.73. The van der Waals surface area contributed by atoms with Gasteiger partial charge in [-0.15, -0.1) is 0 Å². The van der Waals surface area contributed by atoms with Gasteiger partial charge in [0.05, 0.1) is 32.3 Å². The Morgan fingerprint density at radius 1 is 1.11 bits per heavy atom. The number of rotatable bonds is 8. The van der Waals surface area contributed by atoms with Crippen molar-refractivity contribution >= 4 is 46.8 Å². The molecule has 0 saturated heterocycles. The molecule has 0 aliphatic carbocycles. The molecule has 0 spiro atoms. The van der Waals surface area contributed by atoms with Crippen LogP contribution in [0.15, 0.2) is 59.7 Å². The van der Waals surface area contributed by atoms with Crippen molar-refractivity contribution in [1.29, 1.82) is 0 Å². The van der Waals surface area contributed by atoms with Crippen LogP contribution in [0.2, 0.25) is 10.0 Å². The van der Waals surface area contributed by atoms with Crippen molar-refractivity contribution in [1.82, 2.24) is 0 Å². The summed E-state index contributed by atoms with van der Waals surface area (Å²) in [5.74, 6) is -0.887. The highest BCUT2D eigenvalue weighted by Gasteiger charge is 2.33. The van der Waals surface area contributed by atoms with Gasteiger partial charge in [0, 0.05) is 6.07 Å². The second-order valence-corrected chi connectivity index (χ2v) is 7.78. The largest absolute Gasteiger partial charge is 0.486 e.